The summed E-state index contributed by atoms with van der Waals surface area (Å²) in [7, 11) is 0. The second-order valence-electron chi connectivity index (χ2n) is 2.77. The molecule has 0 bridgehead atoms. The van der Waals surface area contributed by atoms with E-state index in [1.807, 2.05) is 0 Å². The van der Waals surface area contributed by atoms with Crippen LogP contribution in [0.25, 0.3) is 0 Å². The Morgan fingerprint density at radius 1 is 1.54 bits per heavy atom. The maximum Gasteiger partial charge on any atom is 0.276 e. The molecular formula is C7H11N3O2S. The van der Waals surface area contributed by atoms with Crippen LogP contribution in [-0.4, -0.2) is 28.7 Å². The summed E-state index contributed by atoms with van der Waals surface area (Å²) in [6.45, 7) is 1.90. The number of thioether (sulfide) groups is 1. The normalized spacial score (nSPS) is 22.4. The van der Waals surface area contributed by atoms with Crippen LogP contribution in [0.1, 0.15) is 12.3 Å². The quantitative estimate of drug-likeness (QED) is 0.763. The van der Waals surface area contributed by atoms with Gasteiger partial charge < -0.3 is 14.9 Å². The zero-order chi connectivity index (χ0) is 9.10. The van der Waals surface area contributed by atoms with Gasteiger partial charge in [0.25, 0.3) is 5.22 Å². The van der Waals surface area contributed by atoms with Crippen LogP contribution >= 0.6 is 11.8 Å². The van der Waals surface area contributed by atoms with Gasteiger partial charge in [0.15, 0.2) is 0 Å². The second-order valence-corrected chi connectivity index (χ2v) is 4.02. The molecule has 13 heavy (non-hydrogen) atoms. The highest BCUT2D eigenvalue weighted by Gasteiger charge is 2.19. The molecule has 2 N–H and O–H groups in total. The van der Waals surface area contributed by atoms with Crippen molar-refractivity contribution in [2.75, 3.05) is 13.2 Å². The predicted octanol–water partition coefficient (Wildman–Crippen LogP) is 0.409. The minimum Gasteiger partial charge on any atom is -0.415 e. The summed E-state index contributed by atoms with van der Waals surface area (Å²) in [5.41, 5.74) is 5.34. The smallest absolute Gasteiger partial charge is 0.276 e. The standard InChI is InChI=1S/C7H11N3O2S/c8-3-6-9-10-7(12-6)13-5-1-2-11-4-5/h5H,1-4,8H2. The van der Waals surface area contributed by atoms with E-state index in [4.69, 9.17) is 14.9 Å². The third-order valence-electron chi connectivity index (χ3n) is 1.78. The van der Waals surface area contributed by atoms with Crippen LogP contribution in [0.15, 0.2) is 9.64 Å². The van der Waals surface area contributed by atoms with Gasteiger partial charge in [-0.3, -0.25) is 0 Å². The summed E-state index contributed by atoms with van der Waals surface area (Å²) in [6, 6.07) is 0. The third kappa shape index (κ3) is 2.20. The van der Waals surface area contributed by atoms with Crippen molar-refractivity contribution in [3.8, 4) is 0 Å². The number of nitrogens with zero attached hydrogens (tertiary/aromatic N) is 2. The van der Waals surface area contributed by atoms with Crippen LogP contribution in [0.4, 0.5) is 0 Å². The fourth-order valence-corrected chi connectivity index (χ4v) is 2.01. The minimum absolute atomic E-state index is 0.300. The maximum absolute atomic E-state index is 5.34. The number of hydrogen-bond acceptors (Lipinski definition) is 6. The van der Waals surface area contributed by atoms with Gasteiger partial charge in [0.05, 0.1) is 13.2 Å². The summed E-state index contributed by atoms with van der Waals surface area (Å²) in [5, 5.41) is 8.68. The van der Waals surface area contributed by atoms with Gasteiger partial charge in [0.2, 0.25) is 5.89 Å². The monoisotopic (exact) mass is 201 g/mol. The van der Waals surface area contributed by atoms with Gasteiger partial charge in [-0.05, 0) is 6.42 Å². The SMILES string of the molecule is NCc1nnc(SC2CCOC2)o1. The van der Waals surface area contributed by atoms with Crippen molar-refractivity contribution in [3.63, 3.8) is 0 Å². The van der Waals surface area contributed by atoms with Gasteiger partial charge in [-0.2, -0.15) is 0 Å². The molecule has 5 nitrogen and oxygen atoms in total. The lowest BCUT2D eigenvalue weighted by molar-refractivity contribution is 0.199. The van der Waals surface area contributed by atoms with Crippen molar-refractivity contribution in [1.82, 2.24) is 10.2 Å². The van der Waals surface area contributed by atoms with Crippen molar-refractivity contribution >= 4 is 11.8 Å². The van der Waals surface area contributed by atoms with Gasteiger partial charge in [-0.1, -0.05) is 11.8 Å². The minimum atomic E-state index is 0.300. The van der Waals surface area contributed by atoms with Crippen LogP contribution in [0.2, 0.25) is 0 Å². The Bertz CT molecular complexity index is 272. The Balaban J connectivity index is 1.92. The van der Waals surface area contributed by atoms with Crippen molar-refractivity contribution in [1.29, 1.82) is 0 Å². The molecule has 1 fully saturated rings. The number of hydrogen-bond donors (Lipinski definition) is 1. The van der Waals surface area contributed by atoms with E-state index in [1.165, 1.54) is 0 Å². The van der Waals surface area contributed by atoms with Crippen LogP contribution in [0.3, 0.4) is 0 Å². The van der Waals surface area contributed by atoms with Crippen LogP contribution in [0, 0.1) is 0 Å². The molecule has 1 aromatic heterocycles. The highest BCUT2D eigenvalue weighted by atomic mass is 32.2. The molecule has 1 aliphatic heterocycles. The topological polar surface area (TPSA) is 74.2 Å². The molecule has 1 unspecified atom stereocenters. The average Bonchev–Trinajstić information content (AvgIpc) is 2.76. The molecule has 0 saturated carbocycles. The molecule has 0 aromatic carbocycles. The first-order valence-corrected chi connectivity index (χ1v) is 5.03. The third-order valence-corrected chi connectivity index (χ3v) is 2.85. The Morgan fingerprint density at radius 3 is 3.08 bits per heavy atom. The van der Waals surface area contributed by atoms with Crippen molar-refractivity contribution in [3.05, 3.63) is 5.89 Å². The summed E-state index contributed by atoms with van der Waals surface area (Å²) >= 11 is 1.57. The van der Waals surface area contributed by atoms with Crippen LogP contribution in [0.5, 0.6) is 0 Å². The fraction of sp³-hybridized carbons (Fsp3) is 0.714. The molecule has 0 radical (unpaired) electrons. The van der Waals surface area contributed by atoms with Crippen LogP contribution < -0.4 is 5.73 Å². The molecule has 6 heteroatoms. The number of aromatic nitrogens is 2. The lowest BCUT2D eigenvalue weighted by Crippen LogP contribution is -1.99. The van der Waals surface area contributed by atoms with Gasteiger partial charge in [-0.25, -0.2) is 0 Å². The molecule has 0 aliphatic carbocycles. The van der Waals surface area contributed by atoms with E-state index in [-0.39, 0.29) is 0 Å². The van der Waals surface area contributed by atoms with E-state index in [1.54, 1.807) is 11.8 Å². The molecule has 1 saturated heterocycles. The maximum atomic E-state index is 5.34. The molecule has 72 valence electrons. The first-order chi connectivity index (χ1) is 6.38. The molecule has 0 amide bonds. The van der Waals surface area contributed by atoms with E-state index in [9.17, 15) is 0 Å². The Hall–Kier alpha value is -0.590. The lowest BCUT2D eigenvalue weighted by Gasteiger charge is -2.00. The molecule has 2 heterocycles. The van der Waals surface area contributed by atoms with E-state index in [0.29, 0.717) is 22.9 Å². The molecule has 1 aliphatic rings. The number of nitrogens with two attached hydrogens (primary N) is 1. The Kier molecular flexibility index (Phi) is 2.82. The molecule has 0 spiro atoms. The summed E-state index contributed by atoms with van der Waals surface area (Å²) < 4.78 is 10.5. The zero-order valence-corrected chi connectivity index (χ0v) is 7.92. The summed E-state index contributed by atoms with van der Waals surface area (Å²) in [6.07, 6.45) is 1.05. The van der Waals surface area contributed by atoms with Crippen molar-refractivity contribution in [2.45, 2.75) is 23.4 Å². The predicted molar refractivity (Wildman–Crippen MR) is 47.3 cm³/mol. The van der Waals surface area contributed by atoms with Gasteiger partial charge in [-0.15, -0.1) is 10.2 Å². The molecular weight excluding hydrogens is 190 g/mol. The number of ether oxygens (including phenoxy) is 1. The highest BCUT2D eigenvalue weighted by Crippen LogP contribution is 2.27. The van der Waals surface area contributed by atoms with E-state index in [2.05, 4.69) is 10.2 Å². The van der Waals surface area contributed by atoms with E-state index >= 15 is 0 Å². The van der Waals surface area contributed by atoms with E-state index in [0.717, 1.165) is 19.6 Å². The molecule has 1 aromatic rings. The number of rotatable bonds is 3. The van der Waals surface area contributed by atoms with E-state index < -0.39 is 0 Å². The van der Waals surface area contributed by atoms with Crippen molar-refractivity contribution < 1.29 is 9.15 Å². The zero-order valence-electron chi connectivity index (χ0n) is 7.10. The van der Waals surface area contributed by atoms with Gasteiger partial charge >= 0.3 is 0 Å². The Labute approximate surface area is 80.0 Å². The van der Waals surface area contributed by atoms with Crippen LogP contribution in [-0.2, 0) is 11.3 Å². The first kappa shape index (κ1) is 8.98. The molecule has 1 atom stereocenters. The van der Waals surface area contributed by atoms with Gasteiger partial charge in [0.1, 0.15) is 0 Å². The second kappa shape index (κ2) is 4.08. The lowest BCUT2D eigenvalue weighted by atomic mass is 10.4. The fourth-order valence-electron chi connectivity index (χ4n) is 1.12. The first-order valence-electron chi connectivity index (χ1n) is 4.15. The summed E-state index contributed by atoms with van der Waals surface area (Å²) in [5.74, 6) is 0.487. The average molecular weight is 201 g/mol. The molecule has 2 rings (SSSR count). The largest absolute Gasteiger partial charge is 0.415 e. The Morgan fingerprint density at radius 2 is 2.46 bits per heavy atom. The van der Waals surface area contributed by atoms with Crippen molar-refractivity contribution in [2.24, 2.45) is 5.73 Å². The highest BCUT2D eigenvalue weighted by molar-refractivity contribution is 7.99. The summed E-state index contributed by atoms with van der Waals surface area (Å²) in [4.78, 5) is 0. The van der Waals surface area contributed by atoms with Gasteiger partial charge in [0, 0.05) is 11.9 Å².